The molecule has 0 aliphatic carbocycles. The number of ether oxygens (including phenoxy) is 1. The van der Waals surface area contributed by atoms with Crippen molar-refractivity contribution in [2.24, 2.45) is 4.99 Å². The first-order valence-corrected chi connectivity index (χ1v) is 6.00. The number of hydrogen-bond acceptors (Lipinski definition) is 2. The second kappa shape index (κ2) is 7.79. The van der Waals surface area contributed by atoms with Crippen LogP contribution in [0.1, 0.15) is 20.3 Å². The van der Waals surface area contributed by atoms with Gasteiger partial charge in [-0.1, -0.05) is 19.1 Å². The highest BCUT2D eigenvalue weighted by molar-refractivity contribution is 5.88. The molecule has 0 bridgehead atoms. The summed E-state index contributed by atoms with van der Waals surface area (Å²) in [6.07, 6.45) is 8.38. The fraction of sp³-hybridized carbons (Fsp3) is 0.538. The van der Waals surface area contributed by atoms with Crippen LogP contribution in [-0.4, -0.2) is 43.4 Å². The molecular formula is C13H20N2O2. The lowest BCUT2D eigenvalue weighted by Gasteiger charge is -2.24. The van der Waals surface area contributed by atoms with E-state index in [2.05, 4.69) is 11.9 Å². The number of morpholine rings is 1. The van der Waals surface area contributed by atoms with E-state index in [1.54, 1.807) is 11.1 Å². The molecule has 0 unspecified atom stereocenters. The topological polar surface area (TPSA) is 41.9 Å². The highest BCUT2D eigenvalue weighted by atomic mass is 16.5. The summed E-state index contributed by atoms with van der Waals surface area (Å²) in [5.74, 6) is 0. The molecular weight excluding hydrogens is 216 g/mol. The van der Waals surface area contributed by atoms with Gasteiger partial charge in [-0.3, -0.25) is 0 Å². The average Bonchev–Trinajstić information content (AvgIpc) is 2.38. The van der Waals surface area contributed by atoms with Gasteiger partial charge in [0, 0.05) is 19.3 Å². The van der Waals surface area contributed by atoms with Crippen molar-refractivity contribution in [2.75, 3.05) is 26.3 Å². The molecule has 1 aliphatic rings. The van der Waals surface area contributed by atoms with Gasteiger partial charge in [0.1, 0.15) is 0 Å². The van der Waals surface area contributed by atoms with Crippen molar-refractivity contribution in [3.63, 3.8) is 0 Å². The maximum atomic E-state index is 11.7. The van der Waals surface area contributed by atoms with Gasteiger partial charge in [0.2, 0.25) is 0 Å². The lowest BCUT2D eigenvalue weighted by Crippen LogP contribution is -2.39. The van der Waals surface area contributed by atoms with Gasteiger partial charge in [-0.15, -0.1) is 0 Å². The van der Waals surface area contributed by atoms with Gasteiger partial charge in [-0.05, 0) is 25.0 Å². The number of urea groups is 1. The molecule has 1 fully saturated rings. The van der Waals surface area contributed by atoms with Crippen LogP contribution in [0.5, 0.6) is 0 Å². The summed E-state index contributed by atoms with van der Waals surface area (Å²) >= 11 is 0. The Hall–Kier alpha value is -1.42. The first-order chi connectivity index (χ1) is 8.27. The average molecular weight is 236 g/mol. The Kier molecular flexibility index (Phi) is 6.25. The number of aliphatic imine (C=N–C) groups is 1. The third-order valence-corrected chi connectivity index (χ3v) is 2.54. The normalized spacial score (nSPS) is 18.2. The Morgan fingerprint density at radius 3 is 2.71 bits per heavy atom. The SMILES string of the molecule is C\C=C/C(=C\C=N\C(=O)N1CCOCC1)CC. The molecule has 94 valence electrons. The number of nitrogens with zero attached hydrogens (tertiary/aromatic N) is 2. The van der Waals surface area contributed by atoms with E-state index in [-0.39, 0.29) is 6.03 Å². The molecule has 1 heterocycles. The summed E-state index contributed by atoms with van der Waals surface area (Å²) in [5, 5.41) is 0. The van der Waals surface area contributed by atoms with Crippen LogP contribution in [0.15, 0.2) is 28.8 Å². The molecule has 0 N–H and O–H groups in total. The van der Waals surface area contributed by atoms with Crippen LogP contribution in [0.3, 0.4) is 0 Å². The van der Waals surface area contributed by atoms with Gasteiger partial charge < -0.3 is 9.64 Å². The van der Waals surface area contributed by atoms with E-state index < -0.39 is 0 Å². The predicted octanol–water partition coefficient (Wildman–Crippen LogP) is 2.42. The number of carbonyl (C=O) groups is 1. The zero-order valence-electron chi connectivity index (χ0n) is 10.6. The number of allylic oxidation sites excluding steroid dienone is 4. The fourth-order valence-corrected chi connectivity index (χ4v) is 1.54. The Bertz CT molecular complexity index is 326. The first kappa shape index (κ1) is 13.6. The van der Waals surface area contributed by atoms with Crippen LogP contribution < -0.4 is 0 Å². The van der Waals surface area contributed by atoms with E-state index in [1.807, 2.05) is 25.2 Å². The van der Waals surface area contributed by atoms with Crippen molar-refractivity contribution in [2.45, 2.75) is 20.3 Å². The number of hydrogen-bond donors (Lipinski definition) is 0. The minimum atomic E-state index is -0.180. The zero-order valence-corrected chi connectivity index (χ0v) is 10.6. The van der Waals surface area contributed by atoms with Gasteiger partial charge in [0.15, 0.2) is 0 Å². The smallest absolute Gasteiger partial charge is 0.343 e. The molecule has 0 aromatic rings. The van der Waals surface area contributed by atoms with Crippen molar-refractivity contribution in [1.82, 2.24) is 4.90 Å². The summed E-state index contributed by atoms with van der Waals surface area (Å²) in [7, 11) is 0. The van der Waals surface area contributed by atoms with Crippen molar-refractivity contribution in [3.05, 3.63) is 23.8 Å². The van der Waals surface area contributed by atoms with E-state index in [9.17, 15) is 4.79 Å². The molecule has 1 saturated heterocycles. The molecule has 0 spiro atoms. The summed E-state index contributed by atoms with van der Waals surface area (Å²) in [4.78, 5) is 17.3. The third kappa shape index (κ3) is 4.95. The second-order valence-electron chi connectivity index (χ2n) is 3.76. The van der Waals surface area contributed by atoms with Gasteiger partial charge in [0.05, 0.1) is 13.2 Å². The minimum Gasteiger partial charge on any atom is -0.378 e. The monoisotopic (exact) mass is 236 g/mol. The third-order valence-electron chi connectivity index (χ3n) is 2.54. The molecule has 4 heteroatoms. The molecule has 17 heavy (non-hydrogen) atoms. The largest absolute Gasteiger partial charge is 0.378 e. The van der Waals surface area contributed by atoms with Crippen molar-refractivity contribution < 1.29 is 9.53 Å². The van der Waals surface area contributed by atoms with Crippen LogP contribution in [0.4, 0.5) is 4.79 Å². The Morgan fingerprint density at radius 2 is 2.12 bits per heavy atom. The van der Waals surface area contributed by atoms with E-state index in [0.29, 0.717) is 26.3 Å². The van der Waals surface area contributed by atoms with Gasteiger partial charge in [-0.2, -0.15) is 0 Å². The Balaban J connectivity index is 2.49. The predicted molar refractivity (Wildman–Crippen MR) is 69.5 cm³/mol. The number of rotatable bonds is 3. The van der Waals surface area contributed by atoms with E-state index in [1.165, 1.54) is 0 Å². The molecule has 0 atom stereocenters. The highest BCUT2D eigenvalue weighted by Crippen LogP contribution is 2.02. The summed E-state index contributed by atoms with van der Waals surface area (Å²) in [6, 6.07) is -0.180. The molecule has 1 rings (SSSR count). The Morgan fingerprint density at radius 1 is 1.41 bits per heavy atom. The lowest BCUT2D eigenvalue weighted by molar-refractivity contribution is 0.0556. The fourth-order valence-electron chi connectivity index (χ4n) is 1.54. The molecule has 0 radical (unpaired) electrons. The quantitative estimate of drug-likeness (QED) is 0.558. The summed E-state index contributed by atoms with van der Waals surface area (Å²) < 4.78 is 5.18. The van der Waals surface area contributed by atoms with Gasteiger partial charge >= 0.3 is 6.03 Å². The van der Waals surface area contributed by atoms with Crippen LogP contribution in [0.25, 0.3) is 0 Å². The number of amides is 2. The highest BCUT2D eigenvalue weighted by Gasteiger charge is 2.14. The lowest BCUT2D eigenvalue weighted by atomic mass is 10.2. The van der Waals surface area contributed by atoms with Crippen LogP contribution >= 0.6 is 0 Å². The van der Waals surface area contributed by atoms with Crippen molar-refractivity contribution in [1.29, 1.82) is 0 Å². The molecule has 0 saturated carbocycles. The zero-order chi connectivity index (χ0) is 12.5. The van der Waals surface area contributed by atoms with E-state index in [4.69, 9.17) is 4.74 Å². The van der Waals surface area contributed by atoms with Crippen molar-refractivity contribution in [3.8, 4) is 0 Å². The Labute approximate surface area is 103 Å². The van der Waals surface area contributed by atoms with Crippen LogP contribution in [0.2, 0.25) is 0 Å². The maximum absolute atomic E-state index is 11.7. The molecule has 0 aromatic heterocycles. The van der Waals surface area contributed by atoms with Gasteiger partial charge in [0.25, 0.3) is 0 Å². The molecule has 0 aromatic carbocycles. The first-order valence-electron chi connectivity index (χ1n) is 6.00. The van der Waals surface area contributed by atoms with E-state index in [0.717, 1.165) is 12.0 Å². The second-order valence-corrected chi connectivity index (χ2v) is 3.76. The molecule has 2 amide bonds. The number of carbonyl (C=O) groups excluding carboxylic acids is 1. The summed E-state index contributed by atoms with van der Waals surface area (Å²) in [6.45, 7) is 6.53. The molecule has 1 aliphatic heterocycles. The van der Waals surface area contributed by atoms with Crippen LogP contribution in [0, 0.1) is 0 Å². The summed E-state index contributed by atoms with van der Waals surface area (Å²) in [5.41, 5.74) is 1.16. The van der Waals surface area contributed by atoms with Crippen molar-refractivity contribution >= 4 is 12.2 Å². The van der Waals surface area contributed by atoms with E-state index >= 15 is 0 Å². The minimum absolute atomic E-state index is 0.180. The van der Waals surface area contributed by atoms with Crippen LogP contribution in [-0.2, 0) is 4.74 Å². The maximum Gasteiger partial charge on any atom is 0.343 e. The molecule has 4 nitrogen and oxygen atoms in total. The standard InChI is InChI=1S/C13H20N2O2/c1-3-5-12(4-2)6-7-14-13(16)15-8-10-17-11-9-15/h3,5-7H,4,8-11H2,1-2H3/b5-3-,12-6-,14-7+. The van der Waals surface area contributed by atoms with Gasteiger partial charge in [-0.25, -0.2) is 9.79 Å².